The van der Waals surface area contributed by atoms with Gasteiger partial charge in [-0.15, -0.1) is 0 Å². The molecule has 0 aliphatic rings. The van der Waals surface area contributed by atoms with Crippen molar-refractivity contribution < 1.29 is 80.2 Å². The maximum atomic E-state index is 13.0. The number of phosphoric ester groups is 2. The summed E-state index contributed by atoms with van der Waals surface area (Å²) in [4.78, 5) is 72.3. The van der Waals surface area contributed by atoms with Crippen LogP contribution in [-0.4, -0.2) is 96.7 Å². The van der Waals surface area contributed by atoms with E-state index in [0.29, 0.717) is 25.7 Å². The van der Waals surface area contributed by atoms with Crippen LogP contribution in [0.25, 0.3) is 0 Å². The number of rotatable bonds is 72. The van der Waals surface area contributed by atoms with Crippen molar-refractivity contribution in [3.05, 3.63) is 0 Å². The summed E-state index contributed by atoms with van der Waals surface area (Å²) in [6.45, 7) is 7.20. The van der Waals surface area contributed by atoms with Crippen molar-refractivity contribution in [1.29, 1.82) is 0 Å². The number of aliphatic hydroxyl groups excluding tert-OH is 1. The number of phosphoric acid groups is 2. The second kappa shape index (κ2) is 65.4. The number of ether oxygens (including phenoxy) is 4. The Kier molecular flexibility index (Phi) is 64.0. The Hall–Kier alpha value is -1.94. The quantitative estimate of drug-likeness (QED) is 0.0222. The standard InChI is InChI=1S/C72H140O17P2/c1-6-9-12-15-17-19-21-22-23-24-28-31-34-38-41-46-51-56-70(75)83-62-68(89-72(77)58-53-48-43-39-35-32-29-26-25-27-30-33-36-40-45-49-54-65(4)5)64-87-91(80,81)85-60-66(73)59-84-90(78,79)86-63-67(61-82-69(74)55-50-44-14-11-8-3)88-71(76)57-52-47-42-37-20-18-16-13-10-7-2/h65-68,73H,6-64H2,1-5H3,(H,78,79)(H,80,81)/t66-,67+,68+/m0/s1. The zero-order valence-electron chi connectivity index (χ0n) is 59.0. The molecule has 17 nitrogen and oxygen atoms in total. The molecule has 0 rings (SSSR count). The third kappa shape index (κ3) is 66.5. The molecule has 0 saturated heterocycles. The first kappa shape index (κ1) is 89.1. The van der Waals surface area contributed by atoms with Crippen LogP contribution < -0.4 is 0 Å². The summed E-state index contributed by atoms with van der Waals surface area (Å²) in [5.74, 6) is -1.32. The van der Waals surface area contributed by atoms with E-state index in [-0.39, 0.29) is 25.7 Å². The van der Waals surface area contributed by atoms with Gasteiger partial charge in [-0.1, -0.05) is 324 Å². The second-order valence-corrected chi connectivity index (χ2v) is 29.4. The summed E-state index contributed by atoms with van der Waals surface area (Å²) in [5.41, 5.74) is 0. The molecule has 0 spiro atoms. The molecule has 0 aromatic carbocycles. The molecular weight excluding hydrogens is 1200 g/mol. The maximum Gasteiger partial charge on any atom is 0.472 e. The molecule has 540 valence electrons. The summed E-state index contributed by atoms with van der Waals surface area (Å²) in [6.07, 6.45) is 53.2. The molecular formula is C72H140O17P2. The predicted molar refractivity (Wildman–Crippen MR) is 368 cm³/mol. The molecule has 2 unspecified atom stereocenters. The third-order valence-corrected chi connectivity index (χ3v) is 18.7. The lowest BCUT2D eigenvalue weighted by Crippen LogP contribution is -2.30. The van der Waals surface area contributed by atoms with E-state index in [9.17, 15) is 43.2 Å². The monoisotopic (exact) mass is 1340 g/mol. The molecule has 0 amide bonds. The number of aliphatic hydroxyl groups is 1. The van der Waals surface area contributed by atoms with Gasteiger partial charge in [0.2, 0.25) is 0 Å². The van der Waals surface area contributed by atoms with Crippen LogP contribution in [0.5, 0.6) is 0 Å². The van der Waals surface area contributed by atoms with E-state index >= 15 is 0 Å². The van der Waals surface area contributed by atoms with Crippen LogP contribution in [0.4, 0.5) is 0 Å². The molecule has 91 heavy (non-hydrogen) atoms. The first-order valence-corrected chi connectivity index (χ1v) is 40.6. The van der Waals surface area contributed by atoms with Crippen LogP contribution in [0.15, 0.2) is 0 Å². The minimum Gasteiger partial charge on any atom is -0.462 e. The van der Waals surface area contributed by atoms with E-state index in [2.05, 4.69) is 34.6 Å². The average Bonchev–Trinajstić information content (AvgIpc) is 3.45. The summed E-state index contributed by atoms with van der Waals surface area (Å²) < 4.78 is 68.1. The molecule has 3 N–H and O–H groups in total. The molecule has 0 fully saturated rings. The minimum absolute atomic E-state index is 0.106. The molecule has 0 aliphatic carbocycles. The molecule has 0 saturated carbocycles. The summed E-state index contributed by atoms with van der Waals surface area (Å²) in [6, 6.07) is 0. The number of hydrogen-bond acceptors (Lipinski definition) is 15. The van der Waals surface area contributed by atoms with Crippen molar-refractivity contribution in [2.24, 2.45) is 5.92 Å². The smallest absolute Gasteiger partial charge is 0.462 e. The highest BCUT2D eigenvalue weighted by Gasteiger charge is 2.30. The van der Waals surface area contributed by atoms with Gasteiger partial charge in [-0.25, -0.2) is 9.13 Å². The highest BCUT2D eigenvalue weighted by atomic mass is 31.2. The van der Waals surface area contributed by atoms with E-state index in [1.165, 1.54) is 193 Å². The Morgan fingerprint density at radius 2 is 0.505 bits per heavy atom. The molecule has 5 atom stereocenters. The van der Waals surface area contributed by atoms with Crippen molar-refractivity contribution >= 4 is 39.5 Å². The van der Waals surface area contributed by atoms with Crippen molar-refractivity contribution in [3.8, 4) is 0 Å². The molecule has 0 radical (unpaired) electrons. The van der Waals surface area contributed by atoms with Crippen molar-refractivity contribution in [2.75, 3.05) is 39.6 Å². The lowest BCUT2D eigenvalue weighted by molar-refractivity contribution is -0.161. The van der Waals surface area contributed by atoms with Crippen LogP contribution in [0.3, 0.4) is 0 Å². The fraction of sp³-hybridized carbons (Fsp3) is 0.944. The fourth-order valence-corrected chi connectivity index (χ4v) is 12.6. The fourth-order valence-electron chi connectivity index (χ4n) is 11.0. The molecule has 0 aromatic rings. The number of carbonyl (C=O) groups excluding carboxylic acids is 4. The van der Waals surface area contributed by atoms with Gasteiger partial charge in [0.15, 0.2) is 12.2 Å². The number of carbonyl (C=O) groups is 4. The van der Waals surface area contributed by atoms with Gasteiger partial charge < -0.3 is 33.8 Å². The minimum atomic E-state index is -4.95. The van der Waals surface area contributed by atoms with Gasteiger partial charge in [0.05, 0.1) is 26.4 Å². The van der Waals surface area contributed by atoms with E-state index in [0.717, 1.165) is 102 Å². The molecule has 0 bridgehead atoms. The maximum absolute atomic E-state index is 13.0. The van der Waals surface area contributed by atoms with E-state index in [4.69, 9.17) is 37.0 Å². The Morgan fingerprint density at radius 3 is 0.747 bits per heavy atom. The van der Waals surface area contributed by atoms with Crippen molar-refractivity contribution in [1.82, 2.24) is 0 Å². The van der Waals surface area contributed by atoms with Crippen LogP contribution in [0.2, 0.25) is 0 Å². The zero-order chi connectivity index (χ0) is 67.0. The van der Waals surface area contributed by atoms with Gasteiger partial charge in [-0.3, -0.25) is 37.3 Å². The van der Waals surface area contributed by atoms with Gasteiger partial charge in [0.1, 0.15) is 19.3 Å². The van der Waals surface area contributed by atoms with Crippen molar-refractivity contribution in [3.63, 3.8) is 0 Å². The van der Waals surface area contributed by atoms with E-state index < -0.39 is 97.5 Å². The Bertz CT molecular complexity index is 1750. The Balaban J connectivity index is 5.13. The summed E-state index contributed by atoms with van der Waals surface area (Å²) in [7, 11) is -9.89. The van der Waals surface area contributed by atoms with Crippen LogP contribution in [0.1, 0.15) is 375 Å². The summed E-state index contributed by atoms with van der Waals surface area (Å²) in [5, 5.41) is 10.6. The number of esters is 4. The van der Waals surface area contributed by atoms with Gasteiger partial charge in [0, 0.05) is 25.7 Å². The predicted octanol–water partition coefficient (Wildman–Crippen LogP) is 20.9. The second-order valence-electron chi connectivity index (χ2n) is 26.5. The number of hydrogen-bond donors (Lipinski definition) is 3. The van der Waals surface area contributed by atoms with E-state index in [1.54, 1.807) is 0 Å². The largest absolute Gasteiger partial charge is 0.472 e. The molecule has 0 aliphatic heterocycles. The van der Waals surface area contributed by atoms with E-state index in [1.807, 2.05) is 0 Å². The Morgan fingerprint density at radius 1 is 0.297 bits per heavy atom. The third-order valence-electron chi connectivity index (χ3n) is 16.8. The van der Waals surface area contributed by atoms with Gasteiger partial charge in [0.25, 0.3) is 0 Å². The first-order valence-electron chi connectivity index (χ1n) is 37.6. The van der Waals surface area contributed by atoms with Crippen LogP contribution in [-0.2, 0) is 65.4 Å². The van der Waals surface area contributed by atoms with Crippen LogP contribution >= 0.6 is 15.6 Å². The van der Waals surface area contributed by atoms with Gasteiger partial charge in [-0.2, -0.15) is 0 Å². The van der Waals surface area contributed by atoms with Gasteiger partial charge in [-0.05, 0) is 31.6 Å². The molecule has 0 aromatic heterocycles. The number of unbranched alkanes of at least 4 members (excludes halogenated alkanes) is 44. The Labute approximate surface area is 556 Å². The molecule has 0 heterocycles. The topological polar surface area (TPSA) is 237 Å². The van der Waals surface area contributed by atoms with Crippen LogP contribution in [0, 0.1) is 5.92 Å². The first-order chi connectivity index (χ1) is 44.0. The highest BCUT2D eigenvalue weighted by molar-refractivity contribution is 7.47. The zero-order valence-corrected chi connectivity index (χ0v) is 60.8. The lowest BCUT2D eigenvalue weighted by atomic mass is 10.0. The highest BCUT2D eigenvalue weighted by Crippen LogP contribution is 2.45. The lowest BCUT2D eigenvalue weighted by Gasteiger charge is -2.21. The van der Waals surface area contributed by atoms with Gasteiger partial charge >= 0.3 is 39.5 Å². The summed E-state index contributed by atoms with van der Waals surface area (Å²) >= 11 is 0. The SMILES string of the molecule is CCCCCCCCCCCCCCCCCCCC(=O)OC[C@H](COP(=O)(O)OC[C@@H](O)COP(=O)(O)OC[C@@H](COC(=O)CCCCCCC)OC(=O)CCCCCCCCCCCC)OC(=O)CCCCCCCCCCCCCCCCCCC(C)C. The van der Waals surface area contributed by atoms with Crippen molar-refractivity contribution in [2.45, 2.75) is 393 Å². The molecule has 19 heteroatoms. The average molecular weight is 1340 g/mol. The normalized spacial score (nSPS) is 14.0.